The van der Waals surface area contributed by atoms with Gasteiger partial charge in [-0.1, -0.05) is 11.6 Å². The van der Waals surface area contributed by atoms with Crippen molar-refractivity contribution in [3.05, 3.63) is 59.0 Å². The highest BCUT2D eigenvalue weighted by molar-refractivity contribution is 6.41. The third-order valence-corrected chi connectivity index (χ3v) is 7.65. The molecule has 2 aliphatic heterocycles. The number of Topliss-reactive ketones (excluding diaryl/α,β-unsaturated/α-hetero) is 2. The molecule has 6 bridgehead atoms. The molecule has 0 unspecified atom stereocenters. The van der Waals surface area contributed by atoms with Gasteiger partial charge >= 0.3 is 23.9 Å². The fourth-order valence-corrected chi connectivity index (χ4v) is 5.06. The fraction of sp³-hybridized carbons (Fsp3) is 0.367. The lowest BCUT2D eigenvalue weighted by Gasteiger charge is -2.31. The minimum Gasteiger partial charge on any atom is -0.343 e. The zero-order valence-electron chi connectivity index (χ0n) is 25.1. The number of likely N-dealkylation sites (tertiary alicyclic amines) is 1. The number of aryl methyl sites for hydroxylation is 2. The third kappa shape index (κ3) is 9.85. The number of ketones is 2. The summed E-state index contributed by atoms with van der Waals surface area (Å²) in [5.74, 6) is -5.54. The number of pyridine rings is 1. The minimum atomic E-state index is -5.77. The van der Waals surface area contributed by atoms with E-state index in [9.17, 15) is 45.5 Å². The minimum absolute atomic E-state index is 0.00694. The summed E-state index contributed by atoms with van der Waals surface area (Å²) >= 11 is 6.35. The topological polar surface area (TPSA) is 146 Å². The summed E-state index contributed by atoms with van der Waals surface area (Å²) in [5, 5.41) is 9.98. The molecule has 18 heteroatoms. The Bertz CT molecular complexity index is 1670. The van der Waals surface area contributed by atoms with Crippen molar-refractivity contribution in [2.24, 2.45) is 5.92 Å². The number of halogens is 7. The first kappa shape index (κ1) is 36.0. The number of anilines is 5. The van der Waals surface area contributed by atoms with Crippen LogP contribution in [-0.2, 0) is 32.0 Å². The lowest BCUT2D eigenvalue weighted by molar-refractivity contribution is -0.193. The van der Waals surface area contributed by atoms with Crippen LogP contribution in [0.5, 0.6) is 0 Å². The Balaban J connectivity index is 0.000000371. The zero-order chi connectivity index (χ0) is 35.2. The molecule has 11 nitrogen and oxygen atoms in total. The Morgan fingerprint density at radius 3 is 2.21 bits per heavy atom. The number of hydrogen-bond donors (Lipinski definition) is 3. The van der Waals surface area contributed by atoms with Gasteiger partial charge in [0, 0.05) is 44.0 Å². The fourth-order valence-electron chi connectivity index (χ4n) is 4.93. The second-order valence-electron chi connectivity index (χ2n) is 10.9. The Morgan fingerprint density at radius 2 is 1.58 bits per heavy atom. The number of hydrogen-bond acceptors (Lipinski definition) is 9. The van der Waals surface area contributed by atoms with Crippen molar-refractivity contribution in [1.82, 2.24) is 19.9 Å². The van der Waals surface area contributed by atoms with Gasteiger partial charge in [-0.3, -0.25) is 24.2 Å². The summed E-state index contributed by atoms with van der Waals surface area (Å²) in [6.45, 7) is 3.03. The maximum Gasteiger partial charge on any atom is 0.458 e. The van der Waals surface area contributed by atoms with E-state index in [0.717, 1.165) is 47.5 Å². The molecule has 3 aromatic rings. The van der Waals surface area contributed by atoms with Gasteiger partial charge in [-0.05, 0) is 67.0 Å². The van der Waals surface area contributed by atoms with Crippen molar-refractivity contribution in [2.75, 3.05) is 29.0 Å². The second kappa shape index (κ2) is 15.0. The molecule has 1 aromatic carbocycles. The number of benzene rings is 1. The first-order chi connectivity index (χ1) is 22.5. The maximum absolute atomic E-state index is 12.9. The number of amides is 2. The number of nitrogens with zero attached hydrogens (tertiary/aromatic N) is 4. The molecule has 5 rings (SSSR count). The van der Waals surface area contributed by atoms with Crippen LogP contribution >= 0.6 is 11.6 Å². The summed E-state index contributed by atoms with van der Waals surface area (Å²) in [5.41, 5.74) is 4.45. The van der Waals surface area contributed by atoms with E-state index in [1.54, 1.807) is 19.3 Å². The van der Waals surface area contributed by atoms with Crippen LogP contribution in [0.2, 0.25) is 5.02 Å². The number of rotatable bonds is 4. The van der Waals surface area contributed by atoms with Crippen LogP contribution < -0.4 is 16.0 Å². The number of aromatic nitrogens is 3. The van der Waals surface area contributed by atoms with Crippen LogP contribution in [0.25, 0.3) is 0 Å². The monoisotopic (exact) mass is 699 g/mol. The molecule has 256 valence electrons. The van der Waals surface area contributed by atoms with Gasteiger partial charge in [0.15, 0.2) is 5.82 Å². The quantitative estimate of drug-likeness (QED) is 0.222. The number of nitrogens with one attached hydrogen (secondary N) is 3. The van der Waals surface area contributed by atoms with Crippen molar-refractivity contribution in [3.63, 3.8) is 0 Å². The van der Waals surface area contributed by atoms with Gasteiger partial charge in [0.25, 0.3) is 0 Å². The normalized spacial score (nSPS) is 14.8. The number of alkyl halides is 6. The van der Waals surface area contributed by atoms with Crippen LogP contribution in [0.4, 0.5) is 55.2 Å². The molecule has 4 heterocycles. The summed E-state index contributed by atoms with van der Waals surface area (Å²) in [4.78, 5) is 58.7. The van der Waals surface area contributed by atoms with E-state index >= 15 is 0 Å². The molecule has 0 saturated carbocycles. The second-order valence-corrected chi connectivity index (χ2v) is 11.4. The van der Waals surface area contributed by atoms with Crippen LogP contribution in [0.1, 0.15) is 37.3 Å². The SMILES string of the molecule is CC(=O)N1CCC(CC(=O)Nc2ccc3cc2CCc2cncc(c2)Nc2ncc(Cl)c(n2)N3)CC1.O=C(C(=O)C(F)(F)F)C(F)(F)F. The van der Waals surface area contributed by atoms with Gasteiger partial charge in [-0.25, -0.2) is 4.98 Å². The smallest absolute Gasteiger partial charge is 0.343 e. The van der Waals surface area contributed by atoms with Crippen LogP contribution in [-0.4, -0.2) is 68.7 Å². The third-order valence-electron chi connectivity index (χ3n) is 7.38. The predicted octanol–water partition coefficient (Wildman–Crippen LogP) is 5.95. The molecule has 2 amide bonds. The molecule has 0 spiro atoms. The number of carbonyl (C=O) groups excluding carboxylic acids is 4. The van der Waals surface area contributed by atoms with E-state index in [4.69, 9.17) is 11.6 Å². The van der Waals surface area contributed by atoms with Gasteiger partial charge in [0.1, 0.15) is 5.02 Å². The maximum atomic E-state index is 12.9. The van der Waals surface area contributed by atoms with E-state index in [-0.39, 0.29) is 17.7 Å². The van der Waals surface area contributed by atoms with Gasteiger partial charge in [0.2, 0.25) is 17.8 Å². The Kier molecular flexibility index (Phi) is 11.2. The number of carbonyl (C=O) groups is 4. The Labute approximate surface area is 274 Å². The summed E-state index contributed by atoms with van der Waals surface area (Å²) < 4.78 is 67.0. The Morgan fingerprint density at radius 1 is 0.917 bits per heavy atom. The van der Waals surface area contributed by atoms with Crippen LogP contribution in [0.15, 0.2) is 42.9 Å². The van der Waals surface area contributed by atoms with Crippen LogP contribution in [0.3, 0.4) is 0 Å². The predicted molar refractivity (Wildman–Crippen MR) is 162 cm³/mol. The highest BCUT2D eigenvalue weighted by atomic mass is 35.5. The molecular formula is C30H28ClF6N7O4. The van der Waals surface area contributed by atoms with Crippen molar-refractivity contribution in [1.29, 1.82) is 0 Å². The summed E-state index contributed by atoms with van der Waals surface area (Å²) in [6, 6.07) is 7.85. The van der Waals surface area contributed by atoms with E-state index in [0.29, 0.717) is 42.7 Å². The highest BCUT2D eigenvalue weighted by Gasteiger charge is 2.54. The largest absolute Gasteiger partial charge is 0.458 e. The van der Waals surface area contributed by atoms with Gasteiger partial charge in [-0.15, -0.1) is 0 Å². The Hall–Kier alpha value is -4.80. The van der Waals surface area contributed by atoms with Gasteiger partial charge < -0.3 is 20.9 Å². The lowest BCUT2D eigenvalue weighted by atomic mass is 9.93. The average Bonchev–Trinajstić information content (AvgIpc) is 3.02. The molecule has 1 saturated heterocycles. The summed E-state index contributed by atoms with van der Waals surface area (Å²) in [7, 11) is 0. The van der Waals surface area contributed by atoms with Crippen molar-refractivity contribution in [2.45, 2.75) is 51.4 Å². The molecule has 2 aromatic heterocycles. The van der Waals surface area contributed by atoms with Gasteiger partial charge in [-0.2, -0.15) is 31.3 Å². The number of piperidine rings is 1. The van der Waals surface area contributed by atoms with E-state index < -0.39 is 23.9 Å². The highest BCUT2D eigenvalue weighted by Crippen LogP contribution is 2.30. The average molecular weight is 700 g/mol. The number of fused-ring (bicyclic) bond motifs is 6. The molecule has 0 radical (unpaired) electrons. The molecule has 2 aliphatic rings. The van der Waals surface area contributed by atoms with E-state index in [2.05, 4.69) is 30.9 Å². The first-order valence-electron chi connectivity index (χ1n) is 14.4. The van der Waals surface area contributed by atoms with Crippen molar-refractivity contribution < 1.29 is 45.5 Å². The lowest BCUT2D eigenvalue weighted by Crippen LogP contribution is -2.39. The van der Waals surface area contributed by atoms with Crippen molar-refractivity contribution in [3.8, 4) is 0 Å². The van der Waals surface area contributed by atoms with Crippen LogP contribution in [0, 0.1) is 5.92 Å². The zero-order valence-corrected chi connectivity index (χ0v) is 25.9. The molecule has 0 aliphatic carbocycles. The molecule has 0 atom stereocenters. The molecule has 1 fully saturated rings. The summed E-state index contributed by atoms with van der Waals surface area (Å²) in [6.07, 6.45) is -2.83. The molecule has 48 heavy (non-hydrogen) atoms. The molecular weight excluding hydrogens is 672 g/mol. The van der Waals surface area contributed by atoms with Gasteiger partial charge in [0.05, 0.1) is 18.1 Å². The van der Waals surface area contributed by atoms with E-state index in [1.807, 2.05) is 35.4 Å². The van der Waals surface area contributed by atoms with E-state index in [1.165, 1.54) is 0 Å². The molecule has 3 N–H and O–H groups in total. The van der Waals surface area contributed by atoms with Crippen molar-refractivity contribution >= 4 is 63.8 Å². The first-order valence-corrected chi connectivity index (χ1v) is 14.8. The standard InChI is InChI=1S/C26H28ClN7O2.C4F6O2/c1-16(35)34-8-6-17(7-9-34)11-24(36)32-23-5-4-20-12-19(23)3-2-18-10-21(14-28-13-18)31-26-29-15-22(27)25(30-20)33-26;5-3(6,7)1(11)2(12)4(8,9)10/h4-5,10,12-15,17H,2-3,6-9,11H2,1H3,(H,32,36)(H2,29,30,31,33);.